The van der Waals surface area contributed by atoms with Crippen molar-refractivity contribution in [1.82, 2.24) is 4.40 Å². The second-order valence-electron chi connectivity index (χ2n) is 5.36. The number of fused-ring (bicyclic) bond motifs is 2. The summed E-state index contributed by atoms with van der Waals surface area (Å²) in [6, 6.07) is 9.35. The standard InChI is InChI=1S/C18H15NO4/c1-21-11-6-10-4-5-19-17(10)13(7-11)12-8-15(22-2)16(23-3)9-14(12)18(19)20/h4-9H,1-3H3. The summed E-state index contributed by atoms with van der Waals surface area (Å²) >= 11 is 0. The van der Waals surface area contributed by atoms with Gasteiger partial charge in [0, 0.05) is 22.4 Å². The van der Waals surface area contributed by atoms with E-state index >= 15 is 0 Å². The van der Waals surface area contributed by atoms with Crippen LogP contribution in [0, 0.1) is 0 Å². The van der Waals surface area contributed by atoms with Crippen molar-refractivity contribution >= 4 is 27.1 Å². The van der Waals surface area contributed by atoms with Gasteiger partial charge < -0.3 is 14.2 Å². The number of pyridine rings is 1. The van der Waals surface area contributed by atoms with E-state index in [9.17, 15) is 4.79 Å². The number of hydrogen-bond donors (Lipinski definition) is 0. The Hall–Kier alpha value is -2.95. The molecule has 0 atom stereocenters. The maximum absolute atomic E-state index is 12.8. The first-order chi connectivity index (χ1) is 11.2. The van der Waals surface area contributed by atoms with Gasteiger partial charge in [-0.1, -0.05) is 0 Å². The normalized spacial score (nSPS) is 11.4. The molecule has 0 spiro atoms. The Bertz CT molecular complexity index is 1100. The number of hydrogen-bond acceptors (Lipinski definition) is 4. The predicted molar refractivity (Wildman–Crippen MR) is 89.5 cm³/mol. The molecule has 4 rings (SSSR count). The lowest BCUT2D eigenvalue weighted by atomic mass is 10.0. The lowest BCUT2D eigenvalue weighted by Gasteiger charge is -2.12. The number of nitrogens with zero attached hydrogens (tertiary/aromatic N) is 1. The number of aromatic nitrogens is 1. The first kappa shape index (κ1) is 13.7. The van der Waals surface area contributed by atoms with E-state index in [0.29, 0.717) is 16.9 Å². The van der Waals surface area contributed by atoms with E-state index in [-0.39, 0.29) is 5.56 Å². The lowest BCUT2D eigenvalue weighted by molar-refractivity contribution is 0.356. The molecule has 0 aliphatic rings. The van der Waals surface area contributed by atoms with Gasteiger partial charge in [-0.15, -0.1) is 0 Å². The van der Waals surface area contributed by atoms with Crippen molar-refractivity contribution in [2.24, 2.45) is 0 Å². The van der Waals surface area contributed by atoms with Crippen LogP contribution in [0.4, 0.5) is 0 Å². The Morgan fingerprint density at radius 3 is 2.17 bits per heavy atom. The molecule has 0 bridgehead atoms. The topological polar surface area (TPSA) is 49.2 Å². The SMILES string of the molecule is COc1cc2ccn3c(=O)c4cc(OC)c(OC)cc4c(c1)c23. The smallest absolute Gasteiger partial charge is 0.263 e. The highest BCUT2D eigenvalue weighted by atomic mass is 16.5. The Labute approximate surface area is 131 Å². The van der Waals surface area contributed by atoms with Crippen molar-refractivity contribution in [1.29, 1.82) is 0 Å². The van der Waals surface area contributed by atoms with E-state index in [2.05, 4.69) is 0 Å². The third kappa shape index (κ3) is 1.76. The van der Waals surface area contributed by atoms with E-state index in [0.717, 1.165) is 27.4 Å². The summed E-state index contributed by atoms with van der Waals surface area (Å²) in [7, 11) is 4.77. The first-order valence-electron chi connectivity index (χ1n) is 7.18. The van der Waals surface area contributed by atoms with Crippen LogP contribution in [0.1, 0.15) is 0 Å². The zero-order valence-corrected chi connectivity index (χ0v) is 13.0. The monoisotopic (exact) mass is 309 g/mol. The number of methoxy groups -OCH3 is 3. The predicted octanol–water partition coefficient (Wildman–Crippen LogP) is 3.07. The zero-order valence-electron chi connectivity index (χ0n) is 13.0. The van der Waals surface area contributed by atoms with Crippen molar-refractivity contribution in [3.63, 3.8) is 0 Å². The highest BCUT2D eigenvalue weighted by Crippen LogP contribution is 2.37. The summed E-state index contributed by atoms with van der Waals surface area (Å²) in [6.45, 7) is 0. The summed E-state index contributed by atoms with van der Waals surface area (Å²) in [6.07, 6.45) is 1.79. The fourth-order valence-electron chi connectivity index (χ4n) is 3.16. The van der Waals surface area contributed by atoms with Gasteiger partial charge in [-0.2, -0.15) is 0 Å². The van der Waals surface area contributed by atoms with Crippen molar-refractivity contribution in [2.45, 2.75) is 0 Å². The van der Waals surface area contributed by atoms with Gasteiger partial charge in [0.25, 0.3) is 5.56 Å². The lowest BCUT2D eigenvalue weighted by Crippen LogP contribution is -2.12. The van der Waals surface area contributed by atoms with E-state index in [1.54, 1.807) is 38.0 Å². The van der Waals surface area contributed by atoms with Crippen molar-refractivity contribution < 1.29 is 14.2 Å². The summed E-state index contributed by atoms with van der Waals surface area (Å²) in [5.41, 5.74) is 0.809. The molecule has 0 aliphatic carbocycles. The molecule has 4 aromatic rings. The van der Waals surface area contributed by atoms with Gasteiger partial charge in [-0.25, -0.2) is 0 Å². The number of benzene rings is 2. The largest absolute Gasteiger partial charge is 0.497 e. The third-order valence-corrected chi connectivity index (χ3v) is 4.26. The minimum atomic E-state index is -0.0754. The van der Waals surface area contributed by atoms with Crippen molar-refractivity contribution in [3.05, 3.63) is 46.9 Å². The first-order valence-corrected chi connectivity index (χ1v) is 7.18. The van der Waals surface area contributed by atoms with Crippen LogP contribution < -0.4 is 19.8 Å². The van der Waals surface area contributed by atoms with Gasteiger partial charge in [0.15, 0.2) is 11.5 Å². The van der Waals surface area contributed by atoms with Crippen molar-refractivity contribution in [3.8, 4) is 17.2 Å². The van der Waals surface area contributed by atoms with Crippen LogP contribution in [0.5, 0.6) is 17.2 Å². The number of rotatable bonds is 3. The van der Waals surface area contributed by atoms with Crippen molar-refractivity contribution in [2.75, 3.05) is 21.3 Å². The van der Waals surface area contributed by atoms with Gasteiger partial charge in [0.05, 0.1) is 32.2 Å². The maximum atomic E-state index is 12.8. The molecular weight excluding hydrogens is 294 g/mol. The quantitative estimate of drug-likeness (QED) is 0.546. The van der Waals surface area contributed by atoms with E-state index in [4.69, 9.17) is 14.2 Å². The summed E-state index contributed by atoms with van der Waals surface area (Å²) in [5, 5.41) is 3.32. The van der Waals surface area contributed by atoms with E-state index < -0.39 is 0 Å². The van der Waals surface area contributed by atoms with E-state index in [1.807, 2.05) is 24.3 Å². The molecule has 0 amide bonds. The van der Waals surface area contributed by atoms with Gasteiger partial charge in [-0.3, -0.25) is 9.20 Å². The van der Waals surface area contributed by atoms with Crippen LogP contribution >= 0.6 is 0 Å². The molecule has 5 nitrogen and oxygen atoms in total. The maximum Gasteiger partial charge on any atom is 0.263 e. The molecule has 2 heterocycles. The van der Waals surface area contributed by atoms with Gasteiger partial charge >= 0.3 is 0 Å². The molecule has 116 valence electrons. The fourth-order valence-corrected chi connectivity index (χ4v) is 3.16. The molecule has 2 aromatic carbocycles. The average molecular weight is 309 g/mol. The van der Waals surface area contributed by atoms with Gasteiger partial charge in [0.2, 0.25) is 0 Å². The minimum absolute atomic E-state index is 0.0754. The molecular formula is C18H15NO4. The van der Waals surface area contributed by atoms with Gasteiger partial charge in [-0.05, 0) is 30.3 Å². The Balaban J connectivity index is 2.29. The zero-order chi connectivity index (χ0) is 16.1. The minimum Gasteiger partial charge on any atom is -0.497 e. The Morgan fingerprint density at radius 2 is 1.52 bits per heavy atom. The Kier molecular flexibility index (Phi) is 2.84. The molecule has 23 heavy (non-hydrogen) atoms. The molecule has 0 saturated heterocycles. The van der Waals surface area contributed by atoms with Crippen LogP contribution in [0.25, 0.3) is 27.1 Å². The second kappa shape index (κ2) is 4.78. The summed E-state index contributed by atoms with van der Waals surface area (Å²) in [4.78, 5) is 12.8. The molecule has 0 unspecified atom stereocenters. The highest BCUT2D eigenvalue weighted by molar-refractivity contribution is 6.12. The summed E-state index contributed by atoms with van der Waals surface area (Å²) < 4.78 is 17.8. The van der Waals surface area contributed by atoms with Crippen LogP contribution in [-0.2, 0) is 0 Å². The van der Waals surface area contributed by atoms with Crippen LogP contribution in [0.3, 0.4) is 0 Å². The van der Waals surface area contributed by atoms with Crippen LogP contribution in [0.15, 0.2) is 41.3 Å². The summed E-state index contributed by atoms with van der Waals surface area (Å²) in [5.74, 6) is 1.88. The molecule has 0 radical (unpaired) electrons. The molecule has 0 fully saturated rings. The van der Waals surface area contributed by atoms with E-state index in [1.165, 1.54) is 0 Å². The molecule has 5 heteroatoms. The average Bonchev–Trinajstić information content (AvgIpc) is 3.02. The highest BCUT2D eigenvalue weighted by Gasteiger charge is 2.16. The van der Waals surface area contributed by atoms with Crippen LogP contribution in [-0.4, -0.2) is 25.7 Å². The fraction of sp³-hybridized carbons (Fsp3) is 0.167. The van der Waals surface area contributed by atoms with Crippen LogP contribution in [0.2, 0.25) is 0 Å². The molecule has 0 aliphatic heterocycles. The second-order valence-corrected chi connectivity index (χ2v) is 5.36. The molecule has 0 saturated carbocycles. The number of ether oxygens (including phenoxy) is 3. The van der Waals surface area contributed by atoms with Gasteiger partial charge in [0.1, 0.15) is 5.75 Å². The molecule has 0 N–H and O–H groups in total. The Morgan fingerprint density at radius 1 is 0.826 bits per heavy atom. The molecule has 2 aromatic heterocycles. The third-order valence-electron chi connectivity index (χ3n) is 4.26.